The molecule has 0 saturated heterocycles. The highest BCUT2D eigenvalue weighted by atomic mass is 16.4. The van der Waals surface area contributed by atoms with Crippen LogP contribution in [0.4, 0.5) is 0 Å². The minimum absolute atomic E-state index is 0.528. The van der Waals surface area contributed by atoms with Crippen LogP contribution in [0.25, 0.3) is 22.8 Å². The Hall–Kier alpha value is -2.36. The topological polar surface area (TPSA) is 52.1 Å². The van der Waals surface area contributed by atoms with Crippen LogP contribution < -0.4 is 0 Å². The molecule has 0 spiro atoms. The number of aromatic nitrogens is 2. The Kier molecular flexibility index (Phi) is 2.48. The molecule has 0 N–H and O–H groups in total. The van der Waals surface area contributed by atoms with Crippen LogP contribution in [0.2, 0.25) is 0 Å². The first-order valence-electron chi connectivity index (χ1n) is 5.69. The third-order valence-electron chi connectivity index (χ3n) is 2.80. The van der Waals surface area contributed by atoms with Gasteiger partial charge < -0.3 is 8.83 Å². The molecule has 2 aromatic heterocycles. The molecule has 0 aliphatic heterocycles. The van der Waals surface area contributed by atoms with Crippen LogP contribution >= 0.6 is 0 Å². The van der Waals surface area contributed by atoms with Crippen molar-refractivity contribution in [2.45, 2.75) is 13.8 Å². The first kappa shape index (κ1) is 10.8. The van der Waals surface area contributed by atoms with Crippen molar-refractivity contribution >= 4 is 0 Å². The quantitative estimate of drug-likeness (QED) is 0.686. The van der Waals surface area contributed by atoms with E-state index in [-0.39, 0.29) is 0 Å². The third-order valence-corrected chi connectivity index (χ3v) is 2.80. The Labute approximate surface area is 104 Å². The first-order valence-corrected chi connectivity index (χ1v) is 5.69. The lowest BCUT2D eigenvalue weighted by molar-refractivity contribution is 0.532. The lowest BCUT2D eigenvalue weighted by atomic mass is 10.0. The molecule has 0 bridgehead atoms. The minimum Gasteiger partial charge on any atom is -0.464 e. The summed E-state index contributed by atoms with van der Waals surface area (Å²) in [5, 5.41) is 7.86. The number of rotatable bonds is 2. The van der Waals surface area contributed by atoms with Gasteiger partial charge in [-0.1, -0.05) is 6.07 Å². The van der Waals surface area contributed by atoms with Gasteiger partial charge in [-0.3, -0.25) is 0 Å². The second-order valence-electron chi connectivity index (χ2n) is 4.13. The number of nitrogens with zero attached hydrogens (tertiary/aromatic N) is 2. The van der Waals surface area contributed by atoms with Crippen molar-refractivity contribution in [3.63, 3.8) is 0 Å². The van der Waals surface area contributed by atoms with Crippen LogP contribution in [0.5, 0.6) is 0 Å². The summed E-state index contributed by atoms with van der Waals surface area (Å²) in [7, 11) is 0. The summed E-state index contributed by atoms with van der Waals surface area (Å²) in [6.45, 7) is 3.82. The van der Waals surface area contributed by atoms with Crippen molar-refractivity contribution in [1.82, 2.24) is 10.2 Å². The molecule has 4 heteroatoms. The van der Waals surface area contributed by atoms with E-state index in [9.17, 15) is 0 Å². The van der Waals surface area contributed by atoms with Crippen LogP contribution in [-0.4, -0.2) is 10.2 Å². The number of furan rings is 1. The highest BCUT2D eigenvalue weighted by Gasteiger charge is 2.10. The average molecular weight is 240 g/mol. The molecule has 0 radical (unpaired) electrons. The number of aryl methyl sites for hydroxylation is 2. The highest BCUT2D eigenvalue weighted by molar-refractivity contribution is 5.69. The number of benzene rings is 1. The van der Waals surface area contributed by atoms with E-state index in [4.69, 9.17) is 8.83 Å². The van der Waals surface area contributed by atoms with E-state index in [1.54, 1.807) is 13.2 Å². The summed E-state index contributed by atoms with van der Waals surface area (Å²) in [4.78, 5) is 0. The largest absolute Gasteiger partial charge is 0.464 e. The van der Waals surface area contributed by atoms with E-state index in [2.05, 4.69) is 10.2 Å². The molecule has 0 aliphatic rings. The SMILES string of the molecule is Cc1nnc(-c2ccc(C)c(-c3ccco3)c2)o1. The summed E-state index contributed by atoms with van der Waals surface area (Å²) in [5.74, 6) is 1.93. The smallest absolute Gasteiger partial charge is 0.247 e. The molecule has 3 aromatic rings. The molecule has 2 heterocycles. The van der Waals surface area contributed by atoms with Crippen molar-refractivity contribution in [1.29, 1.82) is 0 Å². The zero-order chi connectivity index (χ0) is 12.5. The monoisotopic (exact) mass is 240 g/mol. The maximum absolute atomic E-state index is 5.43. The van der Waals surface area contributed by atoms with E-state index >= 15 is 0 Å². The Morgan fingerprint density at radius 3 is 2.61 bits per heavy atom. The van der Waals surface area contributed by atoms with Crippen molar-refractivity contribution < 1.29 is 8.83 Å². The molecule has 0 atom stereocenters. The molecule has 90 valence electrons. The molecule has 0 unspecified atom stereocenters. The van der Waals surface area contributed by atoms with E-state index in [1.165, 1.54) is 0 Å². The fraction of sp³-hybridized carbons (Fsp3) is 0.143. The lowest BCUT2D eigenvalue weighted by Crippen LogP contribution is -1.84. The Balaban J connectivity index is 2.11. The summed E-state index contributed by atoms with van der Waals surface area (Å²) >= 11 is 0. The summed E-state index contributed by atoms with van der Waals surface area (Å²) in [5.41, 5.74) is 3.07. The van der Waals surface area contributed by atoms with Crippen LogP contribution in [-0.2, 0) is 0 Å². The summed E-state index contributed by atoms with van der Waals surface area (Å²) < 4.78 is 10.9. The van der Waals surface area contributed by atoms with Gasteiger partial charge in [-0.25, -0.2) is 0 Å². The van der Waals surface area contributed by atoms with E-state index in [1.807, 2.05) is 37.3 Å². The van der Waals surface area contributed by atoms with Crippen molar-refractivity contribution in [2.75, 3.05) is 0 Å². The summed E-state index contributed by atoms with van der Waals surface area (Å²) in [6.07, 6.45) is 1.66. The Morgan fingerprint density at radius 2 is 1.94 bits per heavy atom. The maximum Gasteiger partial charge on any atom is 0.247 e. The van der Waals surface area contributed by atoms with Gasteiger partial charge in [0.15, 0.2) is 0 Å². The van der Waals surface area contributed by atoms with Crippen molar-refractivity contribution in [2.24, 2.45) is 0 Å². The lowest BCUT2D eigenvalue weighted by Gasteiger charge is -2.04. The fourth-order valence-electron chi connectivity index (χ4n) is 1.87. The van der Waals surface area contributed by atoms with Gasteiger partial charge in [-0.15, -0.1) is 10.2 Å². The molecule has 0 amide bonds. The predicted molar refractivity (Wildman–Crippen MR) is 66.9 cm³/mol. The highest BCUT2D eigenvalue weighted by Crippen LogP contribution is 2.28. The second-order valence-corrected chi connectivity index (χ2v) is 4.13. The maximum atomic E-state index is 5.43. The van der Waals surface area contributed by atoms with Gasteiger partial charge in [0.1, 0.15) is 5.76 Å². The molecule has 1 aromatic carbocycles. The third kappa shape index (κ3) is 1.82. The standard InChI is InChI=1S/C14H12N2O2/c1-9-5-6-11(14-16-15-10(2)18-14)8-12(9)13-4-3-7-17-13/h3-8H,1-2H3. The molecular weight excluding hydrogens is 228 g/mol. The van der Waals surface area contributed by atoms with E-state index in [0.29, 0.717) is 11.8 Å². The predicted octanol–water partition coefficient (Wildman–Crippen LogP) is 3.61. The van der Waals surface area contributed by atoms with Crippen LogP contribution in [0.3, 0.4) is 0 Å². The molecule has 0 fully saturated rings. The first-order chi connectivity index (χ1) is 8.74. The van der Waals surface area contributed by atoms with Gasteiger partial charge >= 0.3 is 0 Å². The molecular formula is C14H12N2O2. The fourth-order valence-corrected chi connectivity index (χ4v) is 1.87. The number of hydrogen-bond donors (Lipinski definition) is 0. The Morgan fingerprint density at radius 1 is 1.06 bits per heavy atom. The van der Waals surface area contributed by atoms with Gasteiger partial charge in [0.25, 0.3) is 0 Å². The van der Waals surface area contributed by atoms with Crippen LogP contribution in [0.15, 0.2) is 45.4 Å². The van der Waals surface area contributed by atoms with Crippen molar-refractivity contribution in [3.8, 4) is 22.8 Å². The van der Waals surface area contributed by atoms with Gasteiger partial charge in [0.05, 0.1) is 6.26 Å². The zero-order valence-corrected chi connectivity index (χ0v) is 10.2. The van der Waals surface area contributed by atoms with Gasteiger partial charge in [-0.2, -0.15) is 0 Å². The van der Waals surface area contributed by atoms with Crippen molar-refractivity contribution in [3.05, 3.63) is 48.0 Å². The van der Waals surface area contributed by atoms with Gasteiger partial charge in [-0.05, 0) is 36.8 Å². The Bertz CT molecular complexity index is 669. The van der Waals surface area contributed by atoms with Gasteiger partial charge in [0.2, 0.25) is 11.8 Å². The van der Waals surface area contributed by atoms with Crippen LogP contribution in [0.1, 0.15) is 11.5 Å². The number of hydrogen-bond acceptors (Lipinski definition) is 4. The average Bonchev–Trinajstić information content (AvgIpc) is 3.01. The zero-order valence-electron chi connectivity index (χ0n) is 10.2. The normalized spacial score (nSPS) is 10.8. The molecule has 0 aliphatic carbocycles. The molecule has 4 nitrogen and oxygen atoms in total. The van der Waals surface area contributed by atoms with Gasteiger partial charge in [0, 0.05) is 18.1 Å². The van der Waals surface area contributed by atoms with Crippen LogP contribution in [0, 0.1) is 13.8 Å². The molecule has 3 rings (SSSR count). The summed E-state index contributed by atoms with van der Waals surface area (Å²) in [6, 6.07) is 9.80. The molecule has 18 heavy (non-hydrogen) atoms. The van der Waals surface area contributed by atoms with E-state index < -0.39 is 0 Å². The second kappa shape index (κ2) is 4.14. The molecule has 0 saturated carbocycles. The van der Waals surface area contributed by atoms with E-state index in [0.717, 1.165) is 22.5 Å². The minimum atomic E-state index is 0.528.